The van der Waals surface area contributed by atoms with E-state index in [0.29, 0.717) is 0 Å². The minimum Gasteiger partial charge on any atom is -0.382 e. The zero-order valence-electron chi connectivity index (χ0n) is 10.0. The molecule has 0 aliphatic rings. The molecule has 1 aromatic rings. The number of hydrogen-bond acceptors (Lipinski definition) is 5. The van der Waals surface area contributed by atoms with Crippen molar-refractivity contribution in [3.63, 3.8) is 0 Å². The summed E-state index contributed by atoms with van der Waals surface area (Å²) < 4.78 is 29.5. The standard InChI is InChI=1S/C9H15N3O5S/c1-12-6-7(5-8(12)9(10)13)18(14,15)11-17-4-3-16-2/h5-6,11H,3-4H2,1-2H3,(H2,10,13). The van der Waals surface area contributed by atoms with Gasteiger partial charge < -0.3 is 15.0 Å². The summed E-state index contributed by atoms with van der Waals surface area (Å²) >= 11 is 0. The molecule has 0 saturated heterocycles. The Hall–Kier alpha value is -1.42. The van der Waals surface area contributed by atoms with Gasteiger partial charge in [-0.3, -0.25) is 9.63 Å². The number of hydrogen-bond donors (Lipinski definition) is 2. The number of carbonyl (C=O) groups excluding carboxylic acids is 1. The number of carbonyl (C=O) groups is 1. The molecule has 0 saturated carbocycles. The number of methoxy groups -OCH3 is 1. The molecule has 0 fully saturated rings. The Morgan fingerprint density at radius 1 is 1.50 bits per heavy atom. The number of ether oxygens (including phenoxy) is 1. The fourth-order valence-corrected chi connectivity index (χ4v) is 2.12. The maximum Gasteiger partial charge on any atom is 0.265 e. The van der Waals surface area contributed by atoms with Gasteiger partial charge in [-0.1, -0.05) is 4.89 Å². The van der Waals surface area contributed by atoms with Crippen LogP contribution >= 0.6 is 0 Å². The normalized spacial score (nSPS) is 11.7. The number of nitrogens with one attached hydrogen (secondary N) is 1. The summed E-state index contributed by atoms with van der Waals surface area (Å²) in [5, 5.41) is 0. The predicted octanol–water partition coefficient (Wildman–Crippen LogP) is -1.02. The second-order valence-electron chi connectivity index (χ2n) is 3.46. The second kappa shape index (κ2) is 5.96. The van der Waals surface area contributed by atoms with E-state index >= 15 is 0 Å². The molecular formula is C9H15N3O5S. The van der Waals surface area contributed by atoms with E-state index in [1.54, 1.807) is 0 Å². The van der Waals surface area contributed by atoms with Gasteiger partial charge in [-0.2, -0.15) is 0 Å². The van der Waals surface area contributed by atoms with E-state index in [4.69, 9.17) is 15.3 Å². The maximum absolute atomic E-state index is 11.7. The largest absolute Gasteiger partial charge is 0.382 e. The number of sulfonamides is 1. The third-order valence-corrected chi connectivity index (χ3v) is 3.28. The summed E-state index contributed by atoms with van der Waals surface area (Å²) in [4.78, 5) is 17.5. The lowest BCUT2D eigenvalue weighted by atomic mass is 10.4. The van der Waals surface area contributed by atoms with Gasteiger partial charge in [0.15, 0.2) is 0 Å². The summed E-state index contributed by atoms with van der Waals surface area (Å²) in [6.07, 6.45) is 1.27. The van der Waals surface area contributed by atoms with E-state index in [-0.39, 0.29) is 23.8 Å². The average molecular weight is 277 g/mol. The Morgan fingerprint density at radius 3 is 2.67 bits per heavy atom. The highest BCUT2D eigenvalue weighted by Crippen LogP contribution is 2.12. The van der Waals surface area contributed by atoms with Crippen LogP contribution in [-0.4, -0.2) is 39.2 Å². The van der Waals surface area contributed by atoms with Crippen molar-refractivity contribution in [2.75, 3.05) is 20.3 Å². The number of amides is 1. The lowest BCUT2D eigenvalue weighted by Crippen LogP contribution is -2.25. The Kier molecular flexibility index (Phi) is 4.84. The van der Waals surface area contributed by atoms with Crippen molar-refractivity contribution >= 4 is 15.9 Å². The Morgan fingerprint density at radius 2 is 2.17 bits per heavy atom. The van der Waals surface area contributed by atoms with Gasteiger partial charge in [-0.25, -0.2) is 8.42 Å². The minimum absolute atomic E-state index is 0.0746. The Balaban J connectivity index is 2.79. The van der Waals surface area contributed by atoms with E-state index in [1.165, 1.54) is 31.0 Å². The minimum atomic E-state index is -3.83. The molecule has 0 aliphatic carbocycles. The van der Waals surface area contributed by atoms with Gasteiger partial charge in [0.25, 0.3) is 15.9 Å². The van der Waals surface area contributed by atoms with E-state index in [0.717, 1.165) is 0 Å². The molecule has 0 aromatic carbocycles. The summed E-state index contributed by atoms with van der Waals surface area (Å²) in [5.41, 5.74) is 5.18. The fraction of sp³-hybridized carbons (Fsp3) is 0.444. The van der Waals surface area contributed by atoms with Crippen LogP contribution in [0.1, 0.15) is 10.5 Å². The monoisotopic (exact) mass is 277 g/mol. The van der Waals surface area contributed by atoms with Crippen LogP contribution in [0.3, 0.4) is 0 Å². The molecule has 9 heteroatoms. The van der Waals surface area contributed by atoms with Crippen LogP contribution in [0, 0.1) is 0 Å². The van der Waals surface area contributed by atoms with E-state index in [9.17, 15) is 13.2 Å². The predicted molar refractivity (Wildman–Crippen MR) is 62.1 cm³/mol. The number of nitrogens with zero attached hydrogens (tertiary/aromatic N) is 1. The number of aryl methyl sites for hydroxylation is 1. The third kappa shape index (κ3) is 3.53. The van der Waals surface area contributed by atoms with Crippen molar-refractivity contribution in [1.82, 2.24) is 9.45 Å². The molecule has 102 valence electrons. The maximum atomic E-state index is 11.7. The van der Waals surface area contributed by atoms with E-state index in [1.807, 2.05) is 4.89 Å². The van der Waals surface area contributed by atoms with Crippen LogP contribution in [0.5, 0.6) is 0 Å². The van der Waals surface area contributed by atoms with E-state index < -0.39 is 15.9 Å². The van der Waals surface area contributed by atoms with Gasteiger partial charge in [-0.15, -0.1) is 0 Å². The Labute approximate surface area is 105 Å². The highest BCUT2D eigenvalue weighted by atomic mass is 32.2. The summed E-state index contributed by atoms with van der Waals surface area (Å²) in [5.74, 6) is -0.709. The highest BCUT2D eigenvalue weighted by molar-refractivity contribution is 7.89. The van der Waals surface area contributed by atoms with Crippen molar-refractivity contribution in [1.29, 1.82) is 0 Å². The van der Waals surface area contributed by atoms with Crippen LogP contribution < -0.4 is 10.6 Å². The highest BCUT2D eigenvalue weighted by Gasteiger charge is 2.19. The average Bonchev–Trinajstić information content (AvgIpc) is 2.68. The molecule has 0 aliphatic heterocycles. The molecule has 0 atom stereocenters. The van der Waals surface area contributed by atoms with Gasteiger partial charge in [0.2, 0.25) is 0 Å². The first-order valence-electron chi connectivity index (χ1n) is 4.97. The first-order valence-corrected chi connectivity index (χ1v) is 6.45. The molecule has 1 amide bonds. The Bertz CT molecular complexity index is 522. The SMILES string of the molecule is COCCONS(=O)(=O)c1cc(C(N)=O)n(C)c1. The summed E-state index contributed by atoms with van der Waals surface area (Å²) in [6, 6.07) is 1.17. The molecular weight excluding hydrogens is 262 g/mol. The van der Waals surface area contributed by atoms with Crippen LogP contribution in [-0.2, 0) is 26.6 Å². The van der Waals surface area contributed by atoms with Crippen molar-refractivity contribution in [3.05, 3.63) is 18.0 Å². The molecule has 0 bridgehead atoms. The topological polar surface area (TPSA) is 113 Å². The van der Waals surface area contributed by atoms with Crippen molar-refractivity contribution in [2.24, 2.45) is 12.8 Å². The molecule has 1 aromatic heterocycles. The number of rotatable bonds is 7. The number of nitrogens with two attached hydrogens (primary N) is 1. The quantitative estimate of drug-likeness (QED) is 0.489. The van der Waals surface area contributed by atoms with Gasteiger partial charge in [-0.05, 0) is 6.07 Å². The molecule has 18 heavy (non-hydrogen) atoms. The molecule has 8 nitrogen and oxygen atoms in total. The van der Waals surface area contributed by atoms with Crippen molar-refractivity contribution in [3.8, 4) is 0 Å². The fourth-order valence-electron chi connectivity index (χ4n) is 1.22. The first-order chi connectivity index (χ1) is 8.38. The molecule has 0 unspecified atom stereocenters. The lowest BCUT2D eigenvalue weighted by Gasteiger charge is -2.04. The van der Waals surface area contributed by atoms with Gasteiger partial charge >= 0.3 is 0 Å². The lowest BCUT2D eigenvalue weighted by molar-refractivity contribution is 0.0438. The number of primary amides is 1. The van der Waals surface area contributed by atoms with Gasteiger partial charge in [0.05, 0.1) is 13.2 Å². The molecule has 0 radical (unpaired) electrons. The van der Waals surface area contributed by atoms with Crippen LogP contribution in [0.4, 0.5) is 0 Å². The van der Waals surface area contributed by atoms with Crippen LogP contribution in [0.15, 0.2) is 17.2 Å². The third-order valence-electron chi connectivity index (χ3n) is 2.10. The zero-order valence-corrected chi connectivity index (χ0v) is 10.9. The first kappa shape index (κ1) is 14.6. The summed E-state index contributed by atoms with van der Waals surface area (Å²) in [7, 11) is -0.847. The molecule has 3 N–H and O–H groups in total. The molecule has 1 rings (SSSR count). The zero-order chi connectivity index (χ0) is 13.8. The van der Waals surface area contributed by atoms with Crippen LogP contribution in [0.25, 0.3) is 0 Å². The van der Waals surface area contributed by atoms with Gasteiger partial charge in [0.1, 0.15) is 10.6 Å². The van der Waals surface area contributed by atoms with Crippen molar-refractivity contribution < 1.29 is 22.8 Å². The number of aromatic nitrogens is 1. The summed E-state index contributed by atoms with van der Waals surface area (Å²) in [6.45, 7) is 0.328. The van der Waals surface area contributed by atoms with Crippen LogP contribution in [0.2, 0.25) is 0 Å². The van der Waals surface area contributed by atoms with Gasteiger partial charge in [0, 0.05) is 20.4 Å². The molecule has 0 spiro atoms. The molecule has 1 heterocycles. The smallest absolute Gasteiger partial charge is 0.265 e. The van der Waals surface area contributed by atoms with Crippen molar-refractivity contribution in [2.45, 2.75) is 4.90 Å². The van der Waals surface area contributed by atoms with E-state index in [2.05, 4.69) is 0 Å². The second-order valence-corrected chi connectivity index (χ2v) is 5.11.